The summed E-state index contributed by atoms with van der Waals surface area (Å²) in [6, 6.07) is 12.4. The third-order valence-electron chi connectivity index (χ3n) is 4.16. The van der Waals surface area contributed by atoms with Crippen LogP contribution in [0.4, 0.5) is 5.69 Å². The van der Waals surface area contributed by atoms with Crippen LogP contribution >= 0.6 is 11.6 Å². The lowest BCUT2D eigenvalue weighted by Gasteiger charge is -2.23. The number of anilines is 1. The molecule has 0 saturated carbocycles. The Labute approximate surface area is 158 Å². The molecular formula is C18H20ClN3O3S. The van der Waals surface area contributed by atoms with Crippen molar-refractivity contribution in [3.63, 3.8) is 0 Å². The van der Waals surface area contributed by atoms with Crippen LogP contribution in [0.5, 0.6) is 0 Å². The van der Waals surface area contributed by atoms with Gasteiger partial charge in [0.05, 0.1) is 4.90 Å². The van der Waals surface area contributed by atoms with Gasteiger partial charge in [0.25, 0.3) is 15.9 Å². The van der Waals surface area contributed by atoms with Crippen LogP contribution in [0.25, 0.3) is 0 Å². The molecule has 1 unspecified atom stereocenters. The monoisotopic (exact) mass is 393 g/mol. The molecule has 1 aliphatic rings. The van der Waals surface area contributed by atoms with Crippen LogP contribution in [0, 0.1) is 0 Å². The molecular weight excluding hydrogens is 374 g/mol. The molecule has 1 amide bonds. The third-order valence-corrected chi connectivity index (χ3v) is 5.80. The van der Waals surface area contributed by atoms with Crippen molar-refractivity contribution in [3.05, 3.63) is 59.1 Å². The maximum Gasteiger partial charge on any atom is 0.261 e. The number of sulfonamides is 1. The molecule has 6 nitrogen and oxygen atoms in total. The largest absolute Gasteiger partial charge is 0.348 e. The Morgan fingerprint density at radius 3 is 2.38 bits per heavy atom. The molecule has 8 heteroatoms. The number of rotatable bonds is 5. The zero-order valence-electron chi connectivity index (χ0n) is 14.0. The second-order valence-corrected chi connectivity index (χ2v) is 8.27. The van der Waals surface area contributed by atoms with Gasteiger partial charge in [0.2, 0.25) is 0 Å². The Bertz CT molecular complexity index is 862. The van der Waals surface area contributed by atoms with Crippen LogP contribution < -0.4 is 15.4 Å². The molecule has 1 fully saturated rings. The van der Waals surface area contributed by atoms with Crippen molar-refractivity contribution in [2.24, 2.45) is 0 Å². The lowest BCUT2D eigenvalue weighted by atomic mass is 10.1. The number of amides is 1. The molecule has 3 rings (SSSR count). The summed E-state index contributed by atoms with van der Waals surface area (Å²) in [6.07, 6.45) is 1.97. The van der Waals surface area contributed by atoms with E-state index < -0.39 is 10.0 Å². The average molecular weight is 394 g/mol. The summed E-state index contributed by atoms with van der Waals surface area (Å²) in [5.41, 5.74) is 0.849. The molecule has 0 aliphatic carbocycles. The first kappa shape index (κ1) is 18.7. The number of hydrogen-bond acceptors (Lipinski definition) is 4. The first-order chi connectivity index (χ1) is 12.4. The molecule has 2 aromatic carbocycles. The molecule has 26 heavy (non-hydrogen) atoms. The summed E-state index contributed by atoms with van der Waals surface area (Å²) in [5, 5.41) is 6.72. The molecule has 138 valence electrons. The number of carbonyl (C=O) groups is 1. The number of nitrogens with one attached hydrogen (secondary N) is 3. The quantitative estimate of drug-likeness (QED) is 0.728. The normalized spacial score (nSPS) is 17.5. The number of carbonyl (C=O) groups excluding carboxylic acids is 1. The van der Waals surface area contributed by atoms with E-state index in [1.807, 2.05) is 0 Å². The molecule has 1 saturated heterocycles. The molecule has 0 spiro atoms. The Morgan fingerprint density at radius 2 is 1.77 bits per heavy atom. The van der Waals surface area contributed by atoms with Crippen molar-refractivity contribution >= 4 is 33.2 Å². The molecule has 1 heterocycles. The second kappa shape index (κ2) is 8.07. The molecule has 0 radical (unpaired) electrons. The smallest absolute Gasteiger partial charge is 0.261 e. The van der Waals surface area contributed by atoms with E-state index in [9.17, 15) is 13.2 Å². The third kappa shape index (κ3) is 4.75. The van der Waals surface area contributed by atoms with E-state index in [-0.39, 0.29) is 16.8 Å². The second-order valence-electron chi connectivity index (χ2n) is 6.15. The average Bonchev–Trinajstić information content (AvgIpc) is 2.64. The highest BCUT2D eigenvalue weighted by molar-refractivity contribution is 7.92. The molecule has 1 atom stereocenters. The van der Waals surface area contributed by atoms with E-state index in [4.69, 9.17) is 11.6 Å². The lowest BCUT2D eigenvalue weighted by Crippen LogP contribution is -2.45. The predicted molar refractivity (Wildman–Crippen MR) is 102 cm³/mol. The van der Waals surface area contributed by atoms with E-state index in [1.165, 1.54) is 24.3 Å². The summed E-state index contributed by atoms with van der Waals surface area (Å²) in [4.78, 5) is 12.4. The zero-order valence-corrected chi connectivity index (χ0v) is 15.6. The van der Waals surface area contributed by atoms with Crippen LogP contribution in [0.2, 0.25) is 5.02 Å². The minimum Gasteiger partial charge on any atom is -0.348 e. The van der Waals surface area contributed by atoms with Gasteiger partial charge in [0.1, 0.15) is 0 Å². The maximum absolute atomic E-state index is 12.4. The first-order valence-electron chi connectivity index (χ1n) is 8.34. The van der Waals surface area contributed by atoms with Crippen LogP contribution in [0.3, 0.4) is 0 Å². The minimum absolute atomic E-state index is 0.0864. The van der Waals surface area contributed by atoms with E-state index >= 15 is 0 Å². The van der Waals surface area contributed by atoms with E-state index in [1.54, 1.807) is 24.3 Å². The van der Waals surface area contributed by atoms with Crippen molar-refractivity contribution in [1.82, 2.24) is 10.6 Å². The summed E-state index contributed by atoms with van der Waals surface area (Å²) < 4.78 is 27.3. The molecule has 0 aromatic heterocycles. The number of halogens is 1. The molecule has 0 bridgehead atoms. The van der Waals surface area contributed by atoms with Crippen LogP contribution in [0.1, 0.15) is 23.2 Å². The number of hydrogen-bond donors (Lipinski definition) is 3. The van der Waals surface area contributed by atoms with Crippen LogP contribution in [-0.4, -0.2) is 33.5 Å². The Morgan fingerprint density at radius 1 is 1.08 bits per heavy atom. The van der Waals surface area contributed by atoms with Crippen molar-refractivity contribution < 1.29 is 13.2 Å². The van der Waals surface area contributed by atoms with Gasteiger partial charge in [0.15, 0.2) is 0 Å². The van der Waals surface area contributed by atoms with Gasteiger partial charge in [-0.25, -0.2) is 8.42 Å². The fraction of sp³-hybridized carbons (Fsp3) is 0.278. The van der Waals surface area contributed by atoms with Gasteiger partial charge in [-0.3, -0.25) is 9.52 Å². The van der Waals surface area contributed by atoms with Crippen molar-refractivity contribution in [2.45, 2.75) is 23.8 Å². The summed E-state index contributed by atoms with van der Waals surface area (Å²) in [7, 11) is -3.73. The van der Waals surface area contributed by atoms with Gasteiger partial charge in [-0.2, -0.15) is 0 Å². The van der Waals surface area contributed by atoms with Gasteiger partial charge >= 0.3 is 0 Å². The van der Waals surface area contributed by atoms with Gasteiger partial charge in [-0.15, -0.1) is 0 Å². The summed E-state index contributed by atoms with van der Waals surface area (Å²) in [6.45, 7) is 1.72. The fourth-order valence-corrected chi connectivity index (χ4v) is 3.95. The number of piperidine rings is 1. The van der Waals surface area contributed by atoms with Gasteiger partial charge < -0.3 is 10.6 Å². The van der Waals surface area contributed by atoms with E-state index in [0.29, 0.717) is 16.3 Å². The Balaban J connectivity index is 1.67. The van der Waals surface area contributed by atoms with Crippen LogP contribution in [0.15, 0.2) is 53.4 Å². The molecule has 2 aromatic rings. The highest BCUT2D eigenvalue weighted by Gasteiger charge is 2.18. The van der Waals surface area contributed by atoms with Gasteiger partial charge in [-0.05, 0) is 67.9 Å². The zero-order chi connectivity index (χ0) is 18.6. The standard InChI is InChI=1S/C18H20ClN3O3S/c19-14-5-7-15(8-6-14)22-26(24,25)17-9-3-13(4-10-17)18(23)21-16-2-1-11-20-12-16/h3-10,16,20,22H,1-2,11-12H2,(H,21,23). The van der Waals surface area contributed by atoms with Crippen molar-refractivity contribution in [3.8, 4) is 0 Å². The Hall–Kier alpha value is -2.09. The van der Waals surface area contributed by atoms with Gasteiger partial charge in [-0.1, -0.05) is 11.6 Å². The summed E-state index contributed by atoms with van der Waals surface area (Å²) in [5.74, 6) is -0.201. The maximum atomic E-state index is 12.4. The van der Waals surface area contributed by atoms with Crippen molar-refractivity contribution in [1.29, 1.82) is 0 Å². The molecule has 1 aliphatic heterocycles. The predicted octanol–water partition coefficient (Wildman–Crippen LogP) is 2.62. The van der Waals surface area contributed by atoms with Gasteiger partial charge in [0, 0.05) is 28.9 Å². The first-order valence-corrected chi connectivity index (χ1v) is 10.2. The highest BCUT2D eigenvalue weighted by atomic mass is 35.5. The highest BCUT2D eigenvalue weighted by Crippen LogP contribution is 2.19. The van der Waals surface area contributed by atoms with Crippen molar-refractivity contribution in [2.75, 3.05) is 17.8 Å². The SMILES string of the molecule is O=C(NC1CCCNC1)c1ccc(S(=O)(=O)Nc2ccc(Cl)cc2)cc1. The van der Waals surface area contributed by atoms with E-state index in [2.05, 4.69) is 15.4 Å². The fourth-order valence-electron chi connectivity index (χ4n) is 2.76. The number of benzene rings is 2. The Kier molecular flexibility index (Phi) is 5.80. The van der Waals surface area contributed by atoms with Crippen LogP contribution in [-0.2, 0) is 10.0 Å². The van der Waals surface area contributed by atoms with E-state index in [0.717, 1.165) is 25.9 Å². The summed E-state index contributed by atoms with van der Waals surface area (Å²) >= 11 is 5.80. The minimum atomic E-state index is -3.73. The topological polar surface area (TPSA) is 87.3 Å². The molecule has 3 N–H and O–H groups in total. The lowest BCUT2D eigenvalue weighted by molar-refractivity contribution is 0.0930.